The van der Waals surface area contributed by atoms with Crippen LogP contribution in [0.4, 0.5) is 20.1 Å². The van der Waals surface area contributed by atoms with Gasteiger partial charge in [0, 0.05) is 83.1 Å². The third kappa shape index (κ3) is 9.12. The topological polar surface area (TPSA) is 133 Å². The van der Waals surface area contributed by atoms with Crippen molar-refractivity contribution in [3.05, 3.63) is 89.0 Å². The molecule has 0 bridgehead atoms. The van der Waals surface area contributed by atoms with E-state index < -0.39 is 12.2 Å². The van der Waals surface area contributed by atoms with Gasteiger partial charge >= 0.3 is 18.2 Å². The smallest absolute Gasteiger partial charge is 0.410 e. The molecule has 1 atom stereocenters. The van der Waals surface area contributed by atoms with Gasteiger partial charge in [0.15, 0.2) is 17.6 Å². The minimum absolute atomic E-state index is 0.00604. The highest BCUT2D eigenvalue weighted by Crippen LogP contribution is 2.35. The number of amides is 5. The Morgan fingerprint density at radius 2 is 1.41 bits per heavy atom. The minimum atomic E-state index is -1.03. The van der Waals surface area contributed by atoms with Crippen LogP contribution in [0.2, 0.25) is 0 Å². The second-order valence-electron chi connectivity index (χ2n) is 15.9. The number of rotatable bonds is 8. The van der Waals surface area contributed by atoms with Crippen LogP contribution < -0.4 is 14.8 Å². The zero-order chi connectivity index (χ0) is 40.0. The fraction of sp³-hybridized carbons (Fsp3) is 0.500. The number of piperazine rings is 1. The number of para-hydroxylation sites is 1. The highest BCUT2D eigenvalue weighted by molar-refractivity contribution is 5.91. The predicted octanol–water partition coefficient (Wildman–Crippen LogP) is 5.31. The lowest BCUT2D eigenvalue weighted by Gasteiger charge is -2.43. The van der Waals surface area contributed by atoms with E-state index in [1.807, 2.05) is 83.5 Å². The van der Waals surface area contributed by atoms with Crippen LogP contribution in [0.1, 0.15) is 47.9 Å². The second kappa shape index (κ2) is 18.0. The van der Waals surface area contributed by atoms with E-state index in [2.05, 4.69) is 10.2 Å². The average molecular weight is 795 g/mol. The summed E-state index contributed by atoms with van der Waals surface area (Å²) < 4.78 is 23.4. The number of fused-ring (bicyclic) bond motifs is 2. The highest BCUT2D eigenvalue weighted by atomic mass is 16.6. The number of ether oxygens (including phenoxy) is 4. The van der Waals surface area contributed by atoms with Crippen molar-refractivity contribution in [1.82, 2.24) is 24.5 Å². The number of hydrogen-bond donors (Lipinski definition) is 1. The fourth-order valence-electron chi connectivity index (χ4n) is 8.94. The maximum absolute atomic E-state index is 14.3. The summed E-state index contributed by atoms with van der Waals surface area (Å²) in [6.45, 7) is 8.25. The molecule has 0 unspecified atom stereocenters. The zero-order valence-electron chi connectivity index (χ0n) is 33.3. The largest absolute Gasteiger partial charge is 0.486 e. The van der Waals surface area contributed by atoms with Crippen molar-refractivity contribution in [2.45, 2.75) is 70.2 Å². The first-order chi connectivity index (χ1) is 28.3. The summed E-state index contributed by atoms with van der Waals surface area (Å²) in [7, 11) is 0. The van der Waals surface area contributed by atoms with Crippen molar-refractivity contribution in [3.8, 4) is 11.5 Å². The van der Waals surface area contributed by atoms with Crippen molar-refractivity contribution >= 4 is 29.8 Å². The van der Waals surface area contributed by atoms with Gasteiger partial charge < -0.3 is 43.9 Å². The molecule has 14 heteroatoms. The molecule has 3 aromatic rings. The number of hydrogen-bond acceptors (Lipinski definition) is 9. The first-order valence-corrected chi connectivity index (χ1v) is 20.8. The summed E-state index contributed by atoms with van der Waals surface area (Å²) in [6, 6.07) is 21.6. The molecule has 3 fully saturated rings. The maximum atomic E-state index is 14.3. The van der Waals surface area contributed by atoms with Crippen LogP contribution in [-0.2, 0) is 33.7 Å². The minimum Gasteiger partial charge on any atom is -0.486 e. The molecule has 308 valence electrons. The lowest BCUT2D eigenvalue weighted by molar-refractivity contribution is -0.143. The molecule has 3 saturated heterocycles. The molecule has 5 heterocycles. The van der Waals surface area contributed by atoms with E-state index in [4.69, 9.17) is 18.9 Å². The van der Waals surface area contributed by atoms with E-state index in [0.29, 0.717) is 102 Å². The second-order valence-corrected chi connectivity index (χ2v) is 15.9. The van der Waals surface area contributed by atoms with Crippen LogP contribution in [0.15, 0.2) is 66.7 Å². The Balaban J connectivity index is 0.865. The average Bonchev–Trinajstić information content (AvgIpc) is 3.43. The van der Waals surface area contributed by atoms with Gasteiger partial charge in [0.25, 0.3) is 5.91 Å². The summed E-state index contributed by atoms with van der Waals surface area (Å²) >= 11 is 0. The number of aryl methyl sites for hydroxylation is 1. The van der Waals surface area contributed by atoms with E-state index in [9.17, 15) is 19.2 Å². The standard InChI is InChI=1S/C44H54N6O8/c1-31-27-33(28-38-40(31)56-26-25-55-38)29-39(58-44(54)49-18-14-36(15-19-49)50-20-11-34-9-5-6-10-37(34)45-42(50)52)41(51)47-23-21-46(22-24-47)35-12-16-48(17-13-35)43(53)57-30-32-7-3-2-4-8-32/h2-10,27-28,35-36,39H,11-26,29-30H2,1H3,(H,45,52)/t39-/m1/s1. The number of piperidine rings is 2. The summed E-state index contributed by atoms with van der Waals surface area (Å²) in [5.41, 5.74) is 4.65. The molecule has 5 aliphatic heterocycles. The number of nitrogens with one attached hydrogen (secondary N) is 1. The molecular weight excluding hydrogens is 741 g/mol. The number of nitrogens with zero attached hydrogens (tertiary/aromatic N) is 5. The Labute approximate surface area is 339 Å². The van der Waals surface area contributed by atoms with Crippen molar-refractivity contribution in [2.75, 3.05) is 77.4 Å². The first kappa shape index (κ1) is 39.3. The van der Waals surface area contributed by atoms with E-state index in [-0.39, 0.29) is 37.1 Å². The van der Waals surface area contributed by atoms with Crippen molar-refractivity contribution < 1.29 is 38.1 Å². The number of likely N-dealkylation sites (tertiary alicyclic amines) is 2. The molecule has 0 aliphatic carbocycles. The van der Waals surface area contributed by atoms with Crippen LogP contribution in [0.3, 0.4) is 0 Å². The molecule has 8 rings (SSSR count). The van der Waals surface area contributed by atoms with Crippen molar-refractivity contribution in [2.24, 2.45) is 0 Å². The van der Waals surface area contributed by atoms with E-state index >= 15 is 0 Å². The summed E-state index contributed by atoms with van der Waals surface area (Å²) in [5.74, 6) is 1.11. The van der Waals surface area contributed by atoms with E-state index in [0.717, 1.165) is 47.2 Å². The third-order valence-electron chi connectivity index (χ3n) is 12.2. The molecule has 5 amide bonds. The number of benzene rings is 3. The molecule has 0 radical (unpaired) electrons. The Bertz CT molecular complexity index is 1940. The number of carbonyl (C=O) groups is 4. The van der Waals surface area contributed by atoms with E-state index in [1.165, 1.54) is 0 Å². The van der Waals surface area contributed by atoms with Gasteiger partial charge in [0.05, 0.1) is 0 Å². The normalized spacial score (nSPS) is 19.8. The summed E-state index contributed by atoms with van der Waals surface area (Å²) in [6.07, 6.45) is 2.04. The Hall–Kier alpha value is -5.50. The van der Waals surface area contributed by atoms with Gasteiger partial charge in [0.1, 0.15) is 19.8 Å². The number of anilines is 1. The number of urea groups is 1. The fourth-order valence-corrected chi connectivity index (χ4v) is 8.94. The van der Waals surface area contributed by atoms with Gasteiger partial charge in [-0.1, -0.05) is 54.6 Å². The third-order valence-corrected chi connectivity index (χ3v) is 12.2. The molecule has 0 aromatic heterocycles. The van der Waals surface area contributed by atoms with E-state index in [1.54, 1.807) is 9.80 Å². The molecule has 14 nitrogen and oxygen atoms in total. The van der Waals surface area contributed by atoms with Crippen molar-refractivity contribution in [3.63, 3.8) is 0 Å². The number of carbonyl (C=O) groups excluding carboxylic acids is 4. The van der Waals surface area contributed by atoms with Gasteiger partial charge in [-0.25, -0.2) is 14.4 Å². The van der Waals surface area contributed by atoms with Gasteiger partial charge in [-0.3, -0.25) is 9.69 Å². The monoisotopic (exact) mass is 794 g/mol. The Morgan fingerprint density at radius 1 is 0.741 bits per heavy atom. The maximum Gasteiger partial charge on any atom is 0.410 e. The highest BCUT2D eigenvalue weighted by Gasteiger charge is 2.37. The Morgan fingerprint density at radius 3 is 2.17 bits per heavy atom. The van der Waals surface area contributed by atoms with Gasteiger partial charge in [-0.05, 0) is 73.4 Å². The van der Waals surface area contributed by atoms with Crippen LogP contribution in [0.5, 0.6) is 11.5 Å². The predicted molar refractivity (Wildman–Crippen MR) is 216 cm³/mol. The van der Waals surface area contributed by atoms with Crippen molar-refractivity contribution in [1.29, 1.82) is 0 Å². The van der Waals surface area contributed by atoms with Crippen LogP contribution in [-0.4, -0.2) is 139 Å². The molecule has 58 heavy (non-hydrogen) atoms. The quantitative estimate of drug-likeness (QED) is 0.322. The molecule has 0 spiro atoms. The van der Waals surface area contributed by atoms with Gasteiger partial charge in [-0.15, -0.1) is 0 Å². The Kier molecular flexibility index (Phi) is 12.2. The van der Waals surface area contributed by atoms with Crippen LogP contribution >= 0.6 is 0 Å². The molecule has 0 saturated carbocycles. The van der Waals surface area contributed by atoms with Gasteiger partial charge in [0.2, 0.25) is 0 Å². The lowest BCUT2D eigenvalue weighted by atomic mass is 10.0. The van der Waals surface area contributed by atoms with Crippen LogP contribution in [0, 0.1) is 6.92 Å². The molecule has 3 aromatic carbocycles. The molecule has 1 N–H and O–H groups in total. The first-order valence-electron chi connectivity index (χ1n) is 20.8. The molecular formula is C44H54N6O8. The lowest BCUT2D eigenvalue weighted by Crippen LogP contribution is -2.57. The SMILES string of the molecule is Cc1cc(C[C@@H](OC(=O)N2CCC(N3CCc4ccccc4NC3=O)CC2)C(=O)N2CCN(C3CCN(C(=O)OCc4ccccc4)CC3)CC2)cc2c1OCCO2. The zero-order valence-corrected chi connectivity index (χ0v) is 33.3. The molecule has 5 aliphatic rings. The van der Waals surface area contributed by atoms with Gasteiger partial charge in [-0.2, -0.15) is 0 Å². The van der Waals surface area contributed by atoms with Crippen LogP contribution in [0.25, 0.3) is 0 Å². The summed E-state index contributed by atoms with van der Waals surface area (Å²) in [4.78, 5) is 63.7. The summed E-state index contributed by atoms with van der Waals surface area (Å²) in [5, 5.41) is 3.06.